The quantitative estimate of drug-likeness (QED) is 0.220. The number of anilines is 1. The van der Waals surface area contributed by atoms with E-state index < -0.39 is 39.9 Å². The van der Waals surface area contributed by atoms with Crippen LogP contribution in [0.1, 0.15) is 31.9 Å². The number of amides is 2. The summed E-state index contributed by atoms with van der Waals surface area (Å²) in [6.45, 7) is 4.95. The molecule has 0 fully saturated rings. The van der Waals surface area contributed by atoms with E-state index in [1.54, 1.807) is 48.5 Å². The molecule has 0 bridgehead atoms. The summed E-state index contributed by atoms with van der Waals surface area (Å²) in [4.78, 5) is 29.6. The second-order valence-electron chi connectivity index (χ2n) is 11.6. The Morgan fingerprint density at radius 1 is 0.844 bits per heavy atom. The van der Waals surface area contributed by atoms with E-state index in [2.05, 4.69) is 5.32 Å². The zero-order valence-corrected chi connectivity index (χ0v) is 26.6. The first-order valence-electron chi connectivity index (χ1n) is 14.5. The van der Waals surface area contributed by atoms with Gasteiger partial charge in [-0.15, -0.1) is 0 Å². The number of benzene rings is 4. The number of hydrogen-bond donors (Lipinski definition) is 1. The molecule has 0 spiro atoms. The maximum absolute atomic E-state index is 14.5. The second-order valence-corrected chi connectivity index (χ2v) is 13.5. The summed E-state index contributed by atoms with van der Waals surface area (Å²) in [6.07, 6.45) is 0.189. The number of methoxy groups -OCH3 is 1. The Hall–Kier alpha value is -4.70. The summed E-state index contributed by atoms with van der Waals surface area (Å²) >= 11 is 0. The van der Waals surface area contributed by atoms with Gasteiger partial charge in [0.25, 0.3) is 10.0 Å². The Morgan fingerprint density at radius 2 is 1.44 bits per heavy atom. The molecule has 1 N–H and O–H groups in total. The van der Waals surface area contributed by atoms with Gasteiger partial charge in [0.15, 0.2) is 0 Å². The lowest BCUT2D eigenvalue weighted by Gasteiger charge is -2.35. The number of carbonyl (C=O) groups is 2. The van der Waals surface area contributed by atoms with Crippen LogP contribution in [-0.4, -0.2) is 50.4 Å². The summed E-state index contributed by atoms with van der Waals surface area (Å²) in [5.74, 6) is -0.995. The van der Waals surface area contributed by atoms with Crippen LogP contribution in [0.15, 0.2) is 114 Å². The fraction of sp³-hybridized carbons (Fsp3) is 0.257. The third kappa shape index (κ3) is 8.92. The minimum Gasteiger partial charge on any atom is -0.497 e. The Bertz CT molecular complexity index is 1690. The van der Waals surface area contributed by atoms with E-state index in [1.165, 1.54) is 12.0 Å². The first kappa shape index (κ1) is 33.2. The highest BCUT2D eigenvalue weighted by Gasteiger charge is 2.35. The molecule has 0 radical (unpaired) electrons. The average Bonchev–Trinajstić information content (AvgIpc) is 3.01. The lowest BCUT2D eigenvalue weighted by atomic mass is 10.0. The fourth-order valence-corrected chi connectivity index (χ4v) is 6.25. The molecule has 0 saturated heterocycles. The van der Waals surface area contributed by atoms with E-state index in [0.29, 0.717) is 11.3 Å². The Balaban J connectivity index is 1.81. The van der Waals surface area contributed by atoms with Crippen molar-refractivity contribution in [2.45, 2.75) is 50.2 Å². The minimum atomic E-state index is -4.32. The number of halogens is 1. The number of rotatable bonds is 12. The highest BCUT2D eigenvalue weighted by Crippen LogP contribution is 2.26. The molecule has 0 aliphatic rings. The van der Waals surface area contributed by atoms with Crippen molar-refractivity contribution in [1.82, 2.24) is 10.2 Å². The van der Waals surface area contributed by atoms with Crippen LogP contribution in [0.3, 0.4) is 0 Å². The zero-order chi connectivity index (χ0) is 32.6. The van der Waals surface area contributed by atoms with Crippen molar-refractivity contribution in [3.63, 3.8) is 0 Å². The molecule has 0 aromatic heterocycles. The van der Waals surface area contributed by atoms with Gasteiger partial charge in [0.05, 0.1) is 17.7 Å². The lowest BCUT2D eigenvalue weighted by molar-refractivity contribution is -0.140. The maximum atomic E-state index is 14.5. The van der Waals surface area contributed by atoms with E-state index in [4.69, 9.17) is 4.74 Å². The van der Waals surface area contributed by atoms with E-state index in [9.17, 15) is 22.4 Å². The number of nitrogens with zero attached hydrogens (tertiary/aromatic N) is 2. The van der Waals surface area contributed by atoms with Crippen molar-refractivity contribution in [3.05, 3.63) is 126 Å². The zero-order valence-electron chi connectivity index (χ0n) is 25.8. The van der Waals surface area contributed by atoms with Crippen LogP contribution in [0.25, 0.3) is 0 Å². The van der Waals surface area contributed by atoms with Gasteiger partial charge in [-0.1, -0.05) is 60.7 Å². The van der Waals surface area contributed by atoms with Crippen LogP contribution in [0.4, 0.5) is 10.1 Å². The highest BCUT2D eigenvalue weighted by molar-refractivity contribution is 7.92. The van der Waals surface area contributed by atoms with E-state index >= 15 is 0 Å². The molecule has 0 unspecified atom stereocenters. The molecule has 8 nitrogen and oxygen atoms in total. The van der Waals surface area contributed by atoms with Crippen molar-refractivity contribution in [2.75, 3.05) is 18.0 Å². The summed E-state index contributed by atoms with van der Waals surface area (Å²) < 4.78 is 48.0. The second kappa shape index (κ2) is 14.4. The molecular weight excluding hydrogens is 593 g/mol. The molecule has 4 aromatic rings. The van der Waals surface area contributed by atoms with Gasteiger partial charge in [0.2, 0.25) is 11.8 Å². The first-order chi connectivity index (χ1) is 21.4. The predicted octanol–water partition coefficient (Wildman–Crippen LogP) is 5.58. The van der Waals surface area contributed by atoms with Gasteiger partial charge < -0.3 is 15.0 Å². The number of carbonyl (C=O) groups excluding carboxylic acids is 2. The molecule has 10 heteroatoms. The molecule has 0 saturated carbocycles. The van der Waals surface area contributed by atoms with E-state index in [0.717, 1.165) is 34.1 Å². The SMILES string of the molecule is COc1cccc(CN(C(=O)CN(c2ccccc2)S(=O)(=O)c2ccc(F)cc2)[C@@H](Cc2ccccc2)C(=O)NC(C)(C)C)c1. The van der Waals surface area contributed by atoms with Gasteiger partial charge in [0.1, 0.15) is 24.2 Å². The van der Waals surface area contributed by atoms with Gasteiger partial charge in [-0.25, -0.2) is 12.8 Å². The lowest BCUT2D eigenvalue weighted by Crippen LogP contribution is -2.56. The Morgan fingerprint density at radius 3 is 2.04 bits per heavy atom. The highest BCUT2D eigenvalue weighted by atomic mass is 32.2. The monoisotopic (exact) mass is 631 g/mol. The molecular formula is C35H38FN3O5S. The summed E-state index contributed by atoms with van der Waals surface area (Å²) in [6, 6.07) is 28.1. The predicted molar refractivity (Wildman–Crippen MR) is 173 cm³/mol. The van der Waals surface area contributed by atoms with Crippen LogP contribution < -0.4 is 14.4 Å². The molecule has 1 atom stereocenters. The number of nitrogens with one attached hydrogen (secondary N) is 1. The molecule has 0 heterocycles. The largest absolute Gasteiger partial charge is 0.497 e. The Kier molecular flexibility index (Phi) is 10.6. The van der Waals surface area contributed by atoms with Crippen molar-refractivity contribution in [3.8, 4) is 5.75 Å². The van der Waals surface area contributed by atoms with Gasteiger partial charge in [-0.2, -0.15) is 0 Å². The standard InChI is InChI=1S/C35H38FN3O5S/c1-35(2,3)37-34(41)32(23-26-12-7-5-8-13-26)38(24-27-14-11-17-30(22-27)44-4)33(40)25-39(29-15-9-6-10-16-29)45(42,43)31-20-18-28(36)19-21-31/h5-22,32H,23-25H2,1-4H3,(H,37,41)/t32-/m0/s1. The molecule has 2 amide bonds. The van der Waals surface area contributed by atoms with Gasteiger partial charge in [0, 0.05) is 18.5 Å². The van der Waals surface area contributed by atoms with Gasteiger partial charge in [-0.3, -0.25) is 13.9 Å². The van der Waals surface area contributed by atoms with Crippen molar-refractivity contribution >= 4 is 27.5 Å². The molecule has 4 rings (SSSR count). The smallest absolute Gasteiger partial charge is 0.264 e. The molecule has 45 heavy (non-hydrogen) atoms. The average molecular weight is 632 g/mol. The summed E-state index contributed by atoms with van der Waals surface area (Å²) in [7, 11) is -2.78. The van der Waals surface area contributed by atoms with Crippen LogP contribution in [0, 0.1) is 5.82 Å². The number of sulfonamides is 1. The maximum Gasteiger partial charge on any atom is 0.264 e. The van der Waals surface area contributed by atoms with Crippen LogP contribution in [-0.2, 0) is 32.6 Å². The molecule has 236 valence electrons. The molecule has 4 aromatic carbocycles. The Labute approximate surface area is 264 Å². The van der Waals surface area contributed by atoms with Crippen molar-refractivity contribution in [1.29, 1.82) is 0 Å². The normalized spacial score (nSPS) is 12.2. The topological polar surface area (TPSA) is 96.0 Å². The first-order valence-corrected chi connectivity index (χ1v) is 15.9. The fourth-order valence-electron chi connectivity index (χ4n) is 4.83. The molecule has 0 aliphatic heterocycles. The van der Waals surface area contributed by atoms with Gasteiger partial charge >= 0.3 is 0 Å². The molecule has 0 aliphatic carbocycles. The van der Waals surface area contributed by atoms with Crippen LogP contribution in [0.5, 0.6) is 5.75 Å². The van der Waals surface area contributed by atoms with Crippen LogP contribution in [0.2, 0.25) is 0 Å². The van der Waals surface area contributed by atoms with Crippen LogP contribution >= 0.6 is 0 Å². The van der Waals surface area contributed by atoms with E-state index in [-0.39, 0.29) is 29.5 Å². The summed E-state index contributed by atoms with van der Waals surface area (Å²) in [5.41, 5.74) is 1.17. The van der Waals surface area contributed by atoms with E-state index in [1.807, 2.05) is 57.2 Å². The summed E-state index contributed by atoms with van der Waals surface area (Å²) in [5, 5.41) is 3.00. The number of hydrogen-bond acceptors (Lipinski definition) is 5. The number of ether oxygens (including phenoxy) is 1. The van der Waals surface area contributed by atoms with Crippen molar-refractivity contribution < 1.29 is 27.1 Å². The third-order valence-electron chi connectivity index (χ3n) is 6.98. The number of para-hydroxylation sites is 1. The van der Waals surface area contributed by atoms with Gasteiger partial charge in [-0.05, 0) is 80.4 Å². The van der Waals surface area contributed by atoms with Crippen molar-refractivity contribution in [2.24, 2.45) is 0 Å². The third-order valence-corrected chi connectivity index (χ3v) is 8.77. The minimum absolute atomic E-state index is 0.00429.